The van der Waals surface area contributed by atoms with Gasteiger partial charge in [-0.05, 0) is 31.5 Å². The zero-order chi connectivity index (χ0) is 15.3. The van der Waals surface area contributed by atoms with E-state index >= 15 is 0 Å². The Morgan fingerprint density at radius 3 is 2.65 bits per heavy atom. The zero-order valence-corrected chi connectivity index (χ0v) is 11.8. The first-order chi connectivity index (χ1) is 9.24. The first-order valence-electron chi connectivity index (χ1n) is 6.02. The van der Waals surface area contributed by atoms with Crippen LogP contribution in [0.25, 0.3) is 0 Å². The summed E-state index contributed by atoms with van der Waals surface area (Å²) in [4.78, 5) is 11.6. The van der Waals surface area contributed by atoms with E-state index in [-0.39, 0.29) is 23.4 Å². The molecule has 0 saturated carbocycles. The summed E-state index contributed by atoms with van der Waals surface area (Å²) in [6, 6.07) is 3.17. The van der Waals surface area contributed by atoms with Crippen molar-refractivity contribution in [3.8, 4) is 0 Å². The number of hydrogen-bond acceptors (Lipinski definition) is 2. The van der Waals surface area contributed by atoms with Gasteiger partial charge >= 0.3 is 6.18 Å². The molecule has 0 aliphatic rings. The summed E-state index contributed by atoms with van der Waals surface area (Å²) in [5.41, 5.74) is -1.32. The lowest BCUT2D eigenvalue weighted by atomic mass is 10.1. The molecule has 112 valence electrons. The van der Waals surface area contributed by atoms with Crippen molar-refractivity contribution in [2.75, 3.05) is 11.9 Å². The second-order valence-electron chi connectivity index (χ2n) is 4.27. The fourth-order valence-electron chi connectivity index (χ4n) is 1.38. The Morgan fingerprint density at radius 1 is 1.45 bits per heavy atom. The fraction of sp³-hybridized carbons (Fsp3) is 0.462. The molecule has 1 aromatic rings. The van der Waals surface area contributed by atoms with E-state index in [0.29, 0.717) is 6.42 Å². The van der Waals surface area contributed by atoms with Crippen molar-refractivity contribution in [3.05, 3.63) is 28.8 Å². The van der Waals surface area contributed by atoms with Gasteiger partial charge in [0.2, 0.25) is 5.91 Å². The van der Waals surface area contributed by atoms with E-state index in [9.17, 15) is 18.0 Å². The van der Waals surface area contributed by atoms with Crippen LogP contribution in [0.5, 0.6) is 0 Å². The van der Waals surface area contributed by atoms with Gasteiger partial charge in [0.1, 0.15) is 6.61 Å². The highest BCUT2D eigenvalue weighted by Crippen LogP contribution is 2.36. The number of nitrogens with one attached hydrogen (secondary N) is 1. The molecule has 0 fully saturated rings. The molecule has 0 spiro atoms. The highest BCUT2D eigenvalue weighted by Gasteiger charge is 2.34. The quantitative estimate of drug-likeness (QED) is 0.889. The smallest absolute Gasteiger partial charge is 0.369 e. The number of amides is 1. The predicted octanol–water partition coefficient (Wildman–Crippen LogP) is 4.11. The minimum Gasteiger partial charge on any atom is -0.369 e. The third-order valence-corrected chi connectivity index (χ3v) is 2.87. The van der Waals surface area contributed by atoms with E-state index in [2.05, 4.69) is 5.32 Å². The van der Waals surface area contributed by atoms with Gasteiger partial charge in [-0.25, -0.2) is 0 Å². The molecular weight excluding hydrogens is 295 g/mol. The number of rotatable bonds is 5. The van der Waals surface area contributed by atoms with Crippen molar-refractivity contribution in [1.82, 2.24) is 0 Å². The molecule has 0 saturated heterocycles. The predicted molar refractivity (Wildman–Crippen MR) is 70.8 cm³/mol. The molecule has 0 aliphatic heterocycles. The van der Waals surface area contributed by atoms with E-state index in [1.807, 2.05) is 6.92 Å². The molecule has 1 N–H and O–H groups in total. The lowest BCUT2D eigenvalue weighted by Gasteiger charge is -2.15. The molecule has 1 amide bonds. The van der Waals surface area contributed by atoms with Crippen LogP contribution in [0, 0.1) is 0 Å². The van der Waals surface area contributed by atoms with E-state index in [1.54, 1.807) is 6.92 Å². The van der Waals surface area contributed by atoms with Gasteiger partial charge in [0.25, 0.3) is 0 Å². The number of benzene rings is 1. The highest BCUT2D eigenvalue weighted by molar-refractivity contribution is 6.30. The van der Waals surface area contributed by atoms with Crippen molar-refractivity contribution in [1.29, 1.82) is 0 Å². The minimum atomic E-state index is -4.59. The Labute approximate surface area is 120 Å². The highest BCUT2D eigenvalue weighted by atomic mass is 35.5. The molecule has 0 aliphatic carbocycles. The van der Waals surface area contributed by atoms with Gasteiger partial charge in [-0.1, -0.05) is 18.5 Å². The summed E-state index contributed by atoms with van der Waals surface area (Å²) in [6.07, 6.45) is -4.01. The maximum absolute atomic E-state index is 12.8. The fourth-order valence-corrected chi connectivity index (χ4v) is 1.55. The number of alkyl halides is 3. The second kappa shape index (κ2) is 6.95. The van der Waals surface area contributed by atoms with Crippen LogP contribution in [0.2, 0.25) is 5.02 Å². The monoisotopic (exact) mass is 309 g/mol. The van der Waals surface area contributed by atoms with Crippen LogP contribution in [0.3, 0.4) is 0 Å². The van der Waals surface area contributed by atoms with Crippen molar-refractivity contribution in [2.45, 2.75) is 32.5 Å². The summed E-state index contributed by atoms with van der Waals surface area (Å²) in [6.45, 7) is 3.36. The molecule has 1 unspecified atom stereocenters. The number of ether oxygens (including phenoxy) is 1. The van der Waals surface area contributed by atoms with Crippen LogP contribution in [0.15, 0.2) is 18.2 Å². The summed E-state index contributed by atoms with van der Waals surface area (Å²) < 4.78 is 43.6. The van der Waals surface area contributed by atoms with Crippen LogP contribution in [0.4, 0.5) is 18.9 Å². The minimum absolute atomic E-state index is 0.0498. The van der Waals surface area contributed by atoms with Crippen LogP contribution < -0.4 is 5.32 Å². The van der Waals surface area contributed by atoms with Crippen molar-refractivity contribution >= 4 is 23.2 Å². The van der Waals surface area contributed by atoms with Crippen LogP contribution in [-0.2, 0) is 15.7 Å². The SMILES string of the molecule is CCC(C)OCC(=O)Nc1ccc(Cl)cc1C(F)(F)F. The van der Waals surface area contributed by atoms with Crippen molar-refractivity contribution in [2.24, 2.45) is 0 Å². The van der Waals surface area contributed by atoms with E-state index < -0.39 is 17.6 Å². The second-order valence-corrected chi connectivity index (χ2v) is 4.70. The summed E-state index contributed by atoms with van der Waals surface area (Å²) in [7, 11) is 0. The van der Waals surface area contributed by atoms with Gasteiger partial charge in [0.05, 0.1) is 17.4 Å². The maximum atomic E-state index is 12.8. The van der Waals surface area contributed by atoms with Gasteiger partial charge in [-0.2, -0.15) is 13.2 Å². The molecule has 1 rings (SSSR count). The first kappa shape index (κ1) is 16.8. The molecule has 0 heterocycles. The number of halogens is 4. The Morgan fingerprint density at radius 2 is 2.10 bits per heavy atom. The largest absolute Gasteiger partial charge is 0.418 e. The molecule has 3 nitrogen and oxygen atoms in total. The van der Waals surface area contributed by atoms with Crippen molar-refractivity contribution in [3.63, 3.8) is 0 Å². The molecule has 0 aromatic heterocycles. The Kier molecular flexibility index (Phi) is 5.83. The lowest BCUT2D eigenvalue weighted by Crippen LogP contribution is -2.23. The molecule has 0 bridgehead atoms. The summed E-state index contributed by atoms with van der Waals surface area (Å²) in [5, 5.41) is 2.13. The average molecular weight is 310 g/mol. The number of hydrogen-bond donors (Lipinski definition) is 1. The van der Waals surface area contributed by atoms with Crippen LogP contribution in [0.1, 0.15) is 25.8 Å². The lowest BCUT2D eigenvalue weighted by molar-refractivity contribution is -0.137. The first-order valence-corrected chi connectivity index (χ1v) is 6.40. The number of carbonyl (C=O) groups is 1. The summed E-state index contributed by atoms with van der Waals surface area (Å²) >= 11 is 5.54. The van der Waals surface area contributed by atoms with Crippen LogP contribution >= 0.6 is 11.6 Å². The standard InChI is InChI=1S/C13H15ClF3NO2/c1-3-8(2)20-7-12(19)18-11-5-4-9(14)6-10(11)13(15,16)17/h4-6,8H,3,7H2,1-2H3,(H,18,19). The topological polar surface area (TPSA) is 38.3 Å². The number of anilines is 1. The van der Waals surface area contributed by atoms with Gasteiger partial charge in [0.15, 0.2) is 0 Å². The molecular formula is C13H15ClF3NO2. The van der Waals surface area contributed by atoms with E-state index in [4.69, 9.17) is 16.3 Å². The third kappa shape index (κ3) is 5.02. The molecule has 0 radical (unpaired) electrons. The van der Waals surface area contributed by atoms with Crippen molar-refractivity contribution < 1.29 is 22.7 Å². The molecule has 1 atom stereocenters. The Balaban J connectivity index is 2.80. The molecule has 20 heavy (non-hydrogen) atoms. The Hall–Kier alpha value is -1.27. The van der Waals surface area contributed by atoms with Crippen LogP contribution in [-0.4, -0.2) is 18.6 Å². The summed E-state index contributed by atoms with van der Waals surface area (Å²) in [5.74, 6) is -0.641. The van der Waals surface area contributed by atoms with Gasteiger partial charge < -0.3 is 10.1 Å². The van der Waals surface area contributed by atoms with E-state index in [1.165, 1.54) is 6.07 Å². The molecule has 7 heteroatoms. The molecule has 1 aromatic carbocycles. The van der Waals surface area contributed by atoms with Gasteiger partial charge in [0, 0.05) is 5.02 Å². The normalized spacial score (nSPS) is 13.1. The van der Waals surface area contributed by atoms with Gasteiger partial charge in [-0.15, -0.1) is 0 Å². The maximum Gasteiger partial charge on any atom is 0.418 e. The third-order valence-electron chi connectivity index (χ3n) is 2.63. The zero-order valence-electron chi connectivity index (χ0n) is 11.1. The number of carbonyl (C=O) groups excluding carboxylic acids is 1. The average Bonchev–Trinajstić information content (AvgIpc) is 2.36. The Bertz CT molecular complexity index is 477. The van der Waals surface area contributed by atoms with E-state index in [0.717, 1.165) is 12.1 Å². The van der Waals surface area contributed by atoms with Gasteiger partial charge in [-0.3, -0.25) is 4.79 Å².